The van der Waals surface area contributed by atoms with Gasteiger partial charge in [0.25, 0.3) is 5.91 Å². The van der Waals surface area contributed by atoms with Crippen molar-refractivity contribution in [3.63, 3.8) is 0 Å². The summed E-state index contributed by atoms with van der Waals surface area (Å²) < 4.78 is 5.07. The van der Waals surface area contributed by atoms with E-state index < -0.39 is 0 Å². The predicted octanol–water partition coefficient (Wildman–Crippen LogP) is 4.17. The number of amides is 1. The number of esters is 1. The summed E-state index contributed by atoms with van der Waals surface area (Å²) in [6.07, 6.45) is 5.16. The number of ether oxygens (including phenoxy) is 1. The molecule has 0 aliphatic heterocycles. The van der Waals surface area contributed by atoms with Gasteiger partial charge in [-0.2, -0.15) is 0 Å². The molecule has 28 heavy (non-hydrogen) atoms. The number of imidazole rings is 1. The van der Waals surface area contributed by atoms with Gasteiger partial charge < -0.3 is 15.0 Å². The number of allylic oxidation sites excluding steroid dienone is 1. The number of hydrogen-bond acceptors (Lipinski definition) is 4. The Morgan fingerprint density at radius 1 is 1.36 bits per heavy atom. The average molecular weight is 402 g/mol. The molecule has 6 nitrogen and oxygen atoms in total. The molecule has 1 aromatic heterocycles. The molecule has 7 heteroatoms. The third-order valence-electron chi connectivity index (χ3n) is 4.79. The van der Waals surface area contributed by atoms with E-state index in [1.54, 1.807) is 13.0 Å². The monoisotopic (exact) mass is 401 g/mol. The Kier molecular flexibility index (Phi) is 6.52. The number of hydrogen-bond donors (Lipinski definition) is 2. The second-order valence-corrected chi connectivity index (χ2v) is 7.04. The molecule has 2 N–H and O–H groups in total. The van der Waals surface area contributed by atoms with E-state index >= 15 is 0 Å². The highest BCUT2D eigenvalue weighted by Crippen LogP contribution is 2.28. The lowest BCUT2D eigenvalue weighted by molar-refractivity contribution is 0.0526. The highest BCUT2D eigenvalue weighted by molar-refractivity contribution is 6.30. The second kappa shape index (κ2) is 9.06. The lowest BCUT2D eigenvalue weighted by Gasteiger charge is -2.23. The Bertz CT molecular complexity index is 904. The molecule has 3 rings (SSSR count). The first-order valence-corrected chi connectivity index (χ1v) is 9.91. The second-order valence-electron chi connectivity index (χ2n) is 6.68. The van der Waals surface area contributed by atoms with Crippen LogP contribution < -0.4 is 5.32 Å². The molecular weight excluding hydrogens is 378 g/mol. The number of carbonyl (C=O) groups excluding carboxylic acids is 2. The summed E-state index contributed by atoms with van der Waals surface area (Å²) in [6, 6.07) is 7.51. The minimum absolute atomic E-state index is 0.0402. The summed E-state index contributed by atoms with van der Waals surface area (Å²) in [7, 11) is 0. The van der Waals surface area contributed by atoms with E-state index in [2.05, 4.69) is 21.4 Å². The Hall–Kier alpha value is -2.60. The zero-order valence-corrected chi connectivity index (χ0v) is 16.8. The van der Waals surface area contributed by atoms with Gasteiger partial charge in [0.1, 0.15) is 0 Å². The van der Waals surface area contributed by atoms with Crippen LogP contribution in [0.1, 0.15) is 65.3 Å². The number of aryl methyl sites for hydroxylation is 1. The first-order valence-electron chi connectivity index (χ1n) is 9.53. The zero-order chi connectivity index (χ0) is 20.1. The van der Waals surface area contributed by atoms with Crippen LogP contribution in [0.2, 0.25) is 5.15 Å². The summed E-state index contributed by atoms with van der Waals surface area (Å²) in [5.74, 6) is -0.305. The number of nitrogens with one attached hydrogen (secondary N) is 2. The molecule has 1 aliphatic carbocycles. The average Bonchev–Trinajstić information content (AvgIpc) is 3.10. The SMILES string of the molecule is CCOC(=O)c1cccc(C2=CCC(NC(=O)c3nc(Cl)c(CC)[nH]3)CC2)c1. The van der Waals surface area contributed by atoms with Gasteiger partial charge in [-0.1, -0.05) is 36.7 Å². The van der Waals surface area contributed by atoms with Gasteiger partial charge >= 0.3 is 5.97 Å². The van der Waals surface area contributed by atoms with Gasteiger partial charge in [-0.05, 0) is 55.9 Å². The third kappa shape index (κ3) is 4.62. The molecule has 0 saturated heterocycles. The molecular formula is C21H24ClN3O3. The van der Waals surface area contributed by atoms with Crippen molar-refractivity contribution in [3.05, 3.63) is 58.1 Å². The number of benzene rings is 1. The van der Waals surface area contributed by atoms with Crippen LogP contribution in [0.4, 0.5) is 0 Å². The molecule has 0 fully saturated rings. The minimum atomic E-state index is -0.311. The molecule has 1 aromatic carbocycles. The number of rotatable bonds is 6. The minimum Gasteiger partial charge on any atom is -0.462 e. The number of aromatic nitrogens is 2. The first-order chi connectivity index (χ1) is 13.5. The van der Waals surface area contributed by atoms with Gasteiger partial charge in [0.05, 0.1) is 17.9 Å². The van der Waals surface area contributed by atoms with E-state index in [1.165, 1.54) is 5.57 Å². The predicted molar refractivity (Wildman–Crippen MR) is 108 cm³/mol. The molecule has 1 atom stereocenters. The fourth-order valence-electron chi connectivity index (χ4n) is 3.27. The fourth-order valence-corrected chi connectivity index (χ4v) is 3.54. The van der Waals surface area contributed by atoms with E-state index in [4.69, 9.17) is 16.3 Å². The number of aromatic amines is 1. The van der Waals surface area contributed by atoms with Crippen LogP contribution in [-0.4, -0.2) is 34.5 Å². The number of carbonyl (C=O) groups is 2. The van der Waals surface area contributed by atoms with E-state index in [-0.39, 0.29) is 23.7 Å². The van der Waals surface area contributed by atoms with Crippen molar-refractivity contribution in [1.82, 2.24) is 15.3 Å². The van der Waals surface area contributed by atoms with Crippen molar-refractivity contribution >= 4 is 29.1 Å². The summed E-state index contributed by atoms with van der Waals surface area (Å²) in [5.41, 5.74) is 3.50. The van der Waals surface area contributed by atoms with Crippen molar-refractivity contribution < 1.29 is 14.3 Å². The third-order valence-corrected chi connectivity index (χ3v) is 5.10. The highest BCUT2D eigenvalue weighted by Gasteiger charge is 2.21. The summed E-state index contributed by atoms with van der Waals surface area (Å²) in [6.45, 7) is 4.10. The quantitative estimate of drug-likeness (QED) is 0.711. The summed E-state index contributed by atoms with van der Waals surface area (Å²) in [4.78, 5) is 31.4. The molecule has 0 radical (unpaired) electrons. The summed E-state index contributed by atoms with van der Waals surface area (Å²) >= 11 is 6.01. The molecule has 0 saturated carbocycles. The highest BCUT2D eigenvalue weighted by atomic mass is 35.5. The molecule has 0 bridgehead atoms. The van der Waals surface area contributed by atoms with E-state index in [0.29, 0.717) is 23.7 Å². The maximum atomic E-state index is 12.4. The van der Waals surface area contributed by atoms with Crippen molar-refractivity contribution in [3.8, 4) is 0 Å². The van der Waals surface area contributed by atoms with Gasteiger partial charge in [0.2, 0.25) is 0 Å². The van der Waals surface area contributed by atoms with Crippen LogP contribution in [0.25, 0.3) is 5.57 Å². The molecule has 0 spiro atoms. The Labute approximate surface area is 169 Å². The van der Waals surface area contributed by atoms with E-state index in [1.807, 2.05) is 25.1 Å². The summed E-state index contributed by atoms with van der Waals surface area (Å²) in [5, 5.41) is 3.36. The Morgan fingerprint density at radius 2 is 2.18 bits per heavy atom. The molecule has 1 unspecified atom stereocenters. The Morgan fingerprint density at radius 3 is 2.82 bits per heavy atom. The smallest absolute Gasteiger partial charge is 0.338 e. The Balaban J connectivity index is 1.63. The van der Waals surface area contributed by atoms with E-state index in [0.717, 1.165) is 30.5 Å². The van der Waals surface area contributed by atoms with Crippen molar-refractivity contribution in [2.45, 2.75) is 45.6 Å². The number of H-pyrrole nitrogens is 1. The molecule has 1 amide bonds. The van der Waals surface area contributed by atoms with Crippen molar-refractivity contribution in [2.24, 2.45) is 0 Å². The van der Waals surface area contributed by atoms with Crippen LogP contribution in [0.3, 0.4) is 0 Å². The lowest BCUT2D eigenvalue weighted by atomic mass is 9.90. The normalized spacial score (nSPS) is 16.4. The van der Waals surface area contributed by atoms with Gasteiger partial charge in [-0.25, -0.2) is 9.78 Å². The topological polar surface area (TPSA) is 84.1 Å². The number of halogens is 1. The first kappa shape index (κ1) is 20.1. The van der Waals surface area contributed by atoms with Crippen LogP contribution >= 0.6 is 11.6 Å². The van der Waals surface area contributed by atoms with Crippen molar-refractivity contribution in [1.29, 1.82) is 0 Å². The van der Waals surface area contributed by atoms with Gasteiger partial charge in [0.15, 0.2) is 11.0 Å². The van der Waals surface area contributed by atoms with Crippen LogP contribution in [0.5, 0.6) is 0 Å². The van der Waals surface area contributed by atoms with E-state index in [9.17, 15) is 9.59 Å². The van der Waals surface area contributed by atoms with Gasteiger partial charge in [-0.3, -0.25) is 4.79 Å². The van der Waals surface area contributed by atoms with Crippen molar-refractivity contribution in [2.75, 3.05) is 6.61 Å². The van der Waals surface area contributed by atoms with Crippen LogP contribution in [-0.2, 0) is 11.2 Å². The van der Waals surface area contributed by atoms with Crippen LogP contribution in [0, 0.1) is 0 Å². The van der Waals surface area contributed by atoms with Crippen LogP contribution in [0.15, 0.2) is 30.3 Å². The maximum absolute atomic E-state index is 12.4. The molecule has 1 heterocycles. The maximum Gasteiger partial charge on any atom is 0.338 e. The lowest BCUT2D eigenvalue weighted by Crippen LogP contribution is -2.36. The zero-order valence-electron chi connectivity index (χ0n) is 16.0. The largest absolute Gasteiger partial charge is 0.462 e. The van der Waals surface area contributed by atoms with Gasteiger partial charge in [-0.15, -0.1) is 0 Å². The molecule has 1 aliphatic rings. The molecule has 2 aromatic rings. The van der Waals surface area contributed by atoms with Gasteiger partial charge in [0, 0.05) is 6.04 Å². The number of nitrogens with zero attached hydrogens (tertiary/aromatic N) is 1. The standard InChI is InChI=1S/C21H24ClN3O3/c1-3-17-18(22)25-19(24-17)20(26)23-16-10-8-13(9-11-16)14-6-5-7-15(12-14)21(27)28-4-2/h5-8,12,16H,3-4,9-11H2,1-2H3,(H,23,26)(H,24,25). The fraction of sp³-hybridized carbons (Fsp3) is 0.381. The molecule has 148 valence electrons.